The van der Waals surface area contributed by atoms with E-state index >= 15 is 0 Å². The normalized spacial score (nSPS) is 11.6. The maximum absolute atomic E-state index is 14.6. The Labute approximate surface area is 270 Å². The van der Waals surface area contributed by atoms with Crippen molar-refractivity contribution in [2.24, 2.45) is 0 Å². The zero-order chi connectivity index (χ0) is 32.1. The topological polar surface area (TPSA) is 72.5 Å². The summed E-state index contributed by atoms with van der Waals surface area (Å²) in [4.78, 5) is 14.6. The van der Waals surface area contributed by atoms with Gasteiger partial charge in [-0.2, -0.15) is 0 Å². The molecule has 1 unspecified atom stereocenters. The number of benzene rings is 5. The molecule has 1 atom stereocenters. The van der Waals surface area contributed by atoms with Crippen molar-refractivity contribution in [3.8, 4) is 23.0 Å². The first kappa shape index (κ1) is 32.3. The Morgan fingerprint density at radius 1 is 0.543 bits per heavy atom. The van der Waals surface area contributed by atoms with Crippen molar-refractivity contribution >= 4 is 5.78 Å². The van der Waals surface area contributed by atoms with Crippen molar-refractivity contribution in [2.45, 2.75) is 32.0 Å². The number of ether oxygens (including phenoxy) is 6. The summed E-state index contributed by atoms with van der Waals surface area (Å²) in [5.41, 5.74) is 4.01. The number of hydrogen-bond acceptors (Lipinski definition) is 7. The Morgan fingerprint density at radius 3 is 1.50 bits per heavy atom. The van der Waals surface area contributed by atoms with Crippen molar-refractivity contribution < 1.29 is 33.2 Å². The number of rotatable bonds is 16. The predicted molar refractivity (Wildman–Crippen MR) is 177 cm³/mol. The van der Waals surface area contributed by atoms with Crippen molar-refractivity contribution in [3.05, 3.63) is 155 Å². The summed E-state index contributed by atoms with van der Waals surface area (Å²) < 4.78 is 35.5. The molecule has 7 nitrogen and oxygen atoms in total. The summed E-state index contributed by atoms with van der Waals surface area (Å²) in [6.07, 6.45) is -0.874. The summed E-state index contributed by atoms with van der Waals surface area (Å²) >= 11 is 0. The Balaban J connectivity index is 1.48. The number of methoxy groups -OCH3 is 3. The molecule has 0 saturated carbocycles. The molecule has 0 N–H and O–H groups in total. The Bertz CT molecular complexity index is 1650. The van der Waals surface area contributed by atoms with Gasteiger partial charge in [0.2, 0.25) is 0 Å². The predicted octanol–water partition coefficient (Wildman–Crippen LogP) is 8.02. The van der Waals surface area contributed by atoms with Crippen LogP contribution in [0.4, 0.5) is 0 Å². The van der Waals surface area contributed by atoms with E-state index in [4.69, 9.17) is 28.4 Å². The van der Waals surface area contributed by atoms with Gasteiger partial charge in [-0.25, -0.2) is 0 Å². The van der Waals surface area contributed by atoms with Crippen molar-refractivity contribution in [3.63, 3.8) is 0 Å². The molecule has 0 spiro atoms. The highest BCUT2D eigenvalue weighted by molar-refractivity contribution is 6.04. The molecule has 0 radical (unpaired) electrons. The number of hydrogen-bond donors (Lipinski definition) is 0. The molecule has 0 aliphatic carbocycles. The molecular weight excluding hydrogens is 580 g/mol. The number of carbonyl (C=O) groups is 1. The fourth-order valence-electron chi connectivity index (χ4n) is 5.08. The van der Waals surface area contributed by atoms with Gasteiger partial charge in [0.1, 0.15) is 31.3 Å². The molecule has 0 heterocycles. The van der Waals surface area contributed by atoms with Gasteiger partial charge in [0.25, 0.3) is 0 Å². The van der Waals surface area contributed by atoms with Gasteiger partial charge in [0.05, 0.1) is 18.6 Å². The van der Waals surface area contributed by atoms with Crippen LogP contribution < -0.4 is 18.9 Å². The maximum atomic E-state index is 14.6. The smallest absolute Gasteiger partial charge is 0.179 e. The van der Waals surface area contributed by atoms with Gasteiger partial charge in [-0.1, -0.05) is 103 Å². The molecule has 0 aromatic heterocycles. The zero-order valence-electron chi connectivity index (χ0n) is 26.3. The van der Waals surface area contributed by atoms with Crippen LogP contribution in [0.2, 0.25) is 0 Å². The molecule has 46 heavy (non-hydrogen) atoms. The third-order valence-corrected chi connectivity index (χ3v) is 7.51. The molecule has 0 bridgehead atoms. The zero-order valence-corrected chi connectivity index (χ0v) is 26.3. The van der Waals surface area contributed by atoms with Crippen LogP contribution >= 0.6 is 0 Å². The minimum Gasteiger partial charge on any atom is -0.493 e. The third-order valence-electron chi connectivity index (χ3n) is 7.51. The lowest BCUT2D eigenvalue weighted by Crippen LogP contribution is -2.30. The third kappa shape index (κ3) is 8.33. The van der Waals surface area contributed by atoms with Crippen LogP contribution in [0, 0.1) is 0 Å². The van der Waals surface area contributed by atoms with Gasteiger partial charge >= 0.3 is 0 Å². The van der Waals surface area contributed by atoms with E-state index in [1.165, 1.54) is 14.2 Å². The summed E-state index contributed by atoms with van der Waals surface area (Å²) in [6.45, 7) is 0.979. The molecule has 7 heteroatoms. The number of Topliss-reactive ketones (excluding diaryl/α,β-unsaturated/α-hetero) is 1. The molecule has 5 aromatic carbocycles. The molecule has 0 fully saturated rings. The highest BCUT2D eigenvalue weighted by Gasteiger charge is 2.34. The maximum Gasteiger partial charge on any atom is 0.179 e. The monoisotopic (exact) mass is 618 g/mol. The van der Waals surface area contributed by atoms with Gasteiger partial charge in [0.15, 0.2) is 23.6 Å². The lowest BCUT2D eigenvalue weighted by atomic mass is 9.89. The molecular formula is C39H38O7. The Morgan fingerprint density at radius 2 is 1.02 bits per heavy atom. The summed E-state index contributed by atoms with van der Waals surface area (Å²) in [6, 6.07) is 40.3. The molecule has 0 aliphatic rings. The van der Waals surface area contributed by atoms with Crippen LogP contribution in [-0.2, 0) is 29.3 Å². The van der Waals surface area contributed by atoms with Crippen molar-refractivity contribution in [2.75, 3.05) is 21.3 Å². The molecule has 0 saturated heterocycles. The first-order valence-corrected chi connectivity index (χ1v) is 15.0. The summed E-state index contributed by atoms with van der Waals surface area (Å²) in [5.74, 6) is 0.808. The number of ketones is 1. The SMILES string of the molecule is COc1cc(OCc2ccccc2)c(C(=O)C(c2ccc(OCc3ccccc3)cc2)C(OC)OC)cc1OCc1ccccc1. The molecule has 0 amide bonds. The Kier molecular flexibility index (Phi) is 11.4. The van der Waals surface area contributed by atoms with E-state index in [-0.39, 0.29) is 12.4 Å². The van der Waals surface area contributed by atoms with Crippen LogP contribution in [0.25, 0.3) is 0 Å². The van der Waals surface area contributed by atoms with Crippen molar-refractivity contribution in [1.29, 1.82) is 0 Å². The fourth-order valence-corrected chi connectivity index (χ4v) is 5.08. The lowest BCUT2D eigenvalue weighted by molar-refractivity contribution is -0.110. The summed E-state index contributed by atoms with van der Waals surface area (Å²) in [7, 11) is 4.59. The second-order valence-corrected chi connectivity index (χ2v) is 10.6. The van der Waals surface area contributed by atoms with E-state index in [1.807, 2.05) is 115 Å². The van der Waals surface area contributed by atoms with Crippen LogP contribution in [0.15, 0.2) is 127 Å². The standard InChI is InChI=1S/C39H38O7/c1-41-35-24-34(45-26-29-15-9-5-10-16-29)33(23-36(35)46-27-30-17-11-6-12-18-30)38(40)37(39(42-2)43-3)31-19-21-32(22-20-31)44-25-28-13-7-4-8-14-28/h4-24,37,39H,25-27H2,1-3H3. The highest BCUT2D eigenvalue weighted by Crippen LogP contribution is 2.39. The van der Waals surface area contributed by atoms with Gasteiger partial charge in [0, 0.05) is 20.3 Å². The van der Waals surface area contributed by atoms with Crippen LogP contribution in [0.1, 0.15) is 38.5 Å². The first-order chi connectivity index (χ1) is 22.6. The van der Waals surface area contributed by atoms with Crippen LogP contribution in [0.3, 0.4) is 0 Å². The van der Waals surface area contributed by atoms with Gasteiger partial charge in [-0.3, -0.25) is 4.79 Å². The second kappa shape index (κ2) is 16.3. The molecule has 5 rings (SSSR count). The largest absolute Gasteiger partial charge is 0.493 e. The van der Waals surface area contributed by atoms with E-state index in [9.17, 15) is 4.79 Å². The second-order valence-electron chi connectivity index (χ2n) is 10.6. The molecule has 5 aromatic rings. The molecule has 236 valence electrons. The average molecular weight is 619 g/mol. The van der Waals surface area contributed by atoms with E-state index < -0.39 is 12.2 Å². The minimum absolute atomic E-state index is 0.255. The van der Waals surface area contributed by atoms with Crippen LogP contribution in [0.5, 0.6) is 23.0 Å². The molecule has 0 aliphatic heterocycles. The minimum atomic E-state index is -0.874. The average Bonchev–Trinajstić information content (AvgIpc) is 3.12. The van der Waals surface area contributed by atoms with E-state index in [1.54, 1.807) is 19.2 Å². The summed E-state index contributed by atoms with van der Waals surface area (Å²) in [5, 5.41) is 0. The van der Waals surface area contributed by atoms with E-state index in [0.717, 1.165) is 16.7 Å². The highest BCUT2D eigenvalue weighted by atomic mass is 16.7. The number of carbonyl (C=O) groups excluding carboxylic acids is 1. The van der Waals surface area contributed by atoms with Gasteiger partial charge < -0.3 is 28.4 Å². The lowest BCUT2D eigenvalue weighted by Gasteiger charge is -2.26. The van der Waals surface area contributed by atoms with Crippen LogP contribution in [-0.4, -0.2) is 33.4 Å². The van der Waals surface area contributed by atoms with Gasteiger partial charge in [-0.15, -0.1) is 0 Å². The van der Waals surface area contributed by atoms with Crippen molar-refractivity contribution in [1.82, 2.24) is 0 Å². The Hall–Kier alpha value is -5.11. The van der Waals surface area contributed by atoms with E-state index in [0.29, 0.717) is 47.3 Å². The first-order valence-electron chi connectivity index (χ1n) is 15.0. The quantitative estimate of drug-likeness (QED) is 0.0819. The van der Waals surface area contributed by atoms with E-state index in [2.05, 4.69) is 0 Å². The van der Waals surface area contributed by atoms with Gasteiger partial charge in [-0.05, 0) is 40.5 Å². The fraction of sp³-hybridized carbons (Fsp3) is 0.205.